The van der Waals surface area contributed by atoms with Gasteiger partial charge >= 0.3 is 5.97 Å². The van der Waals surface area contributed by atoms with Crippen molar-refractivity contribution in [3.63, 3.8) is 0 Å². The van der Waals surface area contributed by atoms with Crippen LogP contribution >= 0.6 is 0 Å². The van der Waals surface area contributed by atoms with Gasteiger partial charge in [0.25, 0.3) is 0 Å². The van der Waals surface area contributed by atoms with Crippen LogP contribution in [0.3, 0.4) is 0 Å². The normalized spacial score (nSPS) is 19.6. The molecule has 1 saturated heterocycles. The number of esters is 1. The van der Waals surface area contributed by atoms with Crippen LogP contribution in [0.4, 0.5) is 0 Å². The minimum Gasteiger partial charge on any atom is -0.466 e. The summed E-state index contributed by atoms with van der Waals surface area (Å²) < 4.78 is 16.7. The molecule has 7 atom stereocenters. The number of ether oxygens (including phenoxy) is 3. The highest BCUT2D eigenvalue weighted by atomic mass is 16.7. The minimum absolute atomic E-state index is 0.0502. The molecule has 6 N–H and O–H groups in total. The maximum atomic E-state index is 13.0. The van der Waals surface area contributed by atoms with Crippen molar-refractivity contribution in [2.24, 2.45) is 0 Å². The van der Waals surface area contributed by atoms with Gasteiger partial charge in [0.15, 0.2) is 6.29 Å². The van der Waals surface area contributed by atoms with Gasteiger partial charge in [-0.25, -0.2) is 0 Å². The second-order valence-electron chi connectivity index (χ2n) is 20.0. The van der Waals surface area contributed by atoms with E-state index >= 15 is 0 Å². The summed E-state index contributed by atoms with van der Waals surface area (Å²) >= 11 is 0. The quantitative estimate of drug-likeness (QED) is 0.0195. The third kappa shape index (κ3) is 40.8. The first-order chi connectivity index (χ1) is 35.7. The summed E-state index contributed by atoms with van der Waals surface area (Å²) in [6.07, 6.45) is 58.0. The zero-order valence-corrected chi connectivity index (χ0v) is 46.1. The van der Waals surface area contributed by atoms with E-state index in [0.29, 0.717) is 25.9 Å². The van der Waals surface area contributed by atoms with Gasteiger partial charge in [0.2, 0.25) is 5.91 Å². The zero-order chi connectivity index (χ0) is 53.1. The fourth-order valence-corrected chi connectivity index (χ4v) is 8.47. The summed E-state index contributed by atoms with van der Waals surface area (Å²) in [6.45, 7) is 4.16. The van der Waals surface area contributed by atoms with E-state index in [9.17, 15) is 35.1 Å². The van der Waals surface area contributed by atoms with Crippen molar-refractivity contribution in [1.82, 2.24) is 5.32 Å². The van der Waals surface area contributed by atoms with Gasteiger partial charge in [-0.1, -0.05) is 182 Å². The van der Waals surface area contributed by atoms with E-state index in [2.05, 4.69) is 92.1 Å². The number of carbonyl (C=O) groups is 2. The van der Waals surface area contributed by atoms with Gasteiger partial charge in [-0.05, 0) is 122 Å². The lowest BCUT2D eigenvalue weighted by Crippen LogP contribution is -2.60. The summed E-state index contributed by atoms with van der Waals surface area (Å²) in [5, 5.41) is 54.4. The molecule has 11 heteroatoms. The molecular weight excluding hydrogens is 919 g/mol. The third-order valence-corrected chi connectivity index (χ3v) is 13.2. The highest BCUT2D eigenvalue weighted by Gasteiger charge is 2.44. The number of allylic oxidation sites excluding steroid dienone is 13. The number of amides is 1. The number of unbranched alkanes of at least 4 members (excludes halogenated alkanes) is 23. The van der Waals surface area contributed by atoms with Gasteiger partial charge in [-0.3, -0.25) is 9.59 Å². The van der Waals surface area contributed by atoms with Crippen molar-refractivity contribution in [3.05, 3.63) is 85.1 Å². The molecule has 0 aromatic carbocycles. The van der Waals surface area contributed by atoms with Crippen molar-refractivity contribution < 1.29 is 49.3 Å². The van der Waals surface area contributed by atoms with Gasteiger partial charge < -0.3 is 45.1 Å². The smallest absolute Gasteiger partial charge is 0.305 e. The summed E-state index contributed by atoms with van der Waals surface area (Å²) in [5.41, 5.74) is 0. The van der Waals surface area contributed by atoms with E-state index < -0.39 is 49.5 Å². The van der Waals surface area contributed by atoms with Crippen LogP contribution in [0.15, 0.2) is 85.1 Å². The van der Waals surface area contributed by atoms with Crippen molar-refractivity contribution in [2.75, 3.05) is 19.8 Å². The van der Waals surface area contributed by atoms with Gasteiger partial charge in [-0.15, -0.1) is 0 Å². The molecule has 1 aliphatic rings. The molecule has 11 nitrogen and oxygen atoms in total. The molecule has 0 radical (unpaired) electrons. The van der Waals surface area contributed by atoms with Gasteiger partial charge in [0.1, 0.15) is 24.4 Å². The Morgan fingerprint density at radius 1 is 0.507 bits per heavy atom. The number of rotatable bonds is 49. The van der Waals surface area contributed by atoms with E-state index in [0.717, 1.165) is 122 Å². The second-order valence-corrected chi connectivity index (χ2v) is 20.0. The minimum atomic E-state index is -1.59. The number of nitrogens with one attached hydrogen (secondary N) is 1. The highest BCUT2D eigenvalue weighted by molar-refractivity contribution is 5.76. The maximum Gasteiger partial charge on any atom is 0.305 e. The molecule has 0 spiro atoms. The Labute approximate surface area is 444 Å². The van der Waals surface area contributed by atoms with E-state index in [-0.39, 0.29) is 18.5 Å². The van der Waals surface area contributed by atoms with Crippen LogP contribution in [-0.4, -0.2) is 100 Å². The first-order valence-corrected chi connectivity index (χ1v) is 29.4. The molecular formula is C62H107NO10. The number of hydrogen-bond donors (Lipinski definition) is 6. The summed E-state index contributed by atoms with van der Waals surface area (Å²) in [4.78, 5) is 25.1. The average molecular weight is 1030 g/mol. The largest absolute Gasteiger partial charge is 0.466 e. The lowest BCUT2D eigenvalue weighted by Gasteiger charge is -2.40. The molecule has 0 aromatic heterocycles. The maximum absolute atomic E-state index is 13.0. The molecule has 73 heavy (non-hydrogen) atoms. The topological polar surface area (TPSA) is 175 Å². The molecule has 1 aliphatic heterocycles. The standard InChI is InChI=1S/C62H107NO10/c1-3-5-7-9-11-13-15-17-21-25-28-32-36-40-44-48-55(65)54(53-72-62-61(70)60(69)59(68)56(52-64)73-62)63-57(66)49-45-41-37-33-29-26-22-19-18-20-23-27-31-35-39-43-47-51-71-58(67)50-46-42-38-34-30-24-16-14-12-10-8-6-4-2/h8,10,14-18,20,27-28,31-32,44,48,54-56,59-62,64-65,68-70H,3-7,9,11-13,19,21-26,29-30,33-43,45-47,49-53H2,1-2H3,(H,63,66)/b10-8-,16-14-,17-15+,20-18-,31-27-,32-28+,48-44+. The lowest BCUT2D eigenvalue weighted by atomic mass is 9.99. The summed E-state index contributed by atoms with van der Waals surface area (Å²) in [7, 11) is 0. The Hall–Kier alpha value is -3.16. The molecule has 0 bridgehead atoms. The molecule has 1 amide bonds. The number of hydrogen-bond acceptors (Lipinski definition) is 10. The van der Waals surface area contributed by atoms with E-state index in [1.807, 2.05) is 6.08 Å². The monoisotopic (exact) mass is 1030 g/mol. The Morgan fingerprint density at radius 2 is 0.959 bits per heavy atom. The SMILES string of the molecule is CCC/C=C\C/C=C\CCCCCCCC(=O)OCCCCC/C=C\C/C=C\CCCCCCCCCC(=O)NC(COC1OC(CO)C(O)C(O)C1O)C(O)/C=C/CC/C=C/CC/C=C/CCCCCCC. The fraction of sp³-hybridized carbons (Fsp3) is 0.742. The third-order valence-electron chi connectivity index (χ3n) is 13.2. The number of aliphatic hydroxyl groups excluding tert-OH is 5. The average Bonchev–Trinajstić information content (AvgIpc) is 3.39. The lowest BCUT2D eigenvalue weighted by molar-refractivity contribution is -0.302. The van der Waals surface area contributed by atoms with Crippen LogP contribution in [0.1, 0.15) is 232 Å². The summed E-state index contributed by atoms with van der Waals surface area (Å²) in [5.74, 6) is -0.265. The van der Waals surface area contributed by atoms with Crippen LogP contribution in [0.5, 0.6) is 0 Å². The molecule has 1 heterocycles. The number of aliphatic hydroxyl groups is 5. The van der Waals surface area contributed by atoms with Crippen LogP contribution in [0, 0.1) is 0 Å². The predicted octanol–water partition coefficient (Wildman–Crippen LogP) is 13.4. The molecule has 0 aliphatic carbocycles. The molecule has 1 rings (SSSR count). The van der Waals surface area contributed by atoms with Crippen LogP contribution < -0.4 is 5.32 Å². The van der Waals surface area contributed by atoms with Crippen molar-refractivity contribution in [2.45, 2.75) is 275 Å². The van der Waals surface area contributed by atoms with Crippen LogP contribution in [-0.2, 0) is 23.8 Å². The van der Waals surface area contributed by atoms with E-state index in [4.69, 9.17) is 14.2 Å². The fourth-order valence-electron chi connectivity index (χ4n) is 8.47. The Balaban J connectivity index is 2.19. The summed E-state index contributed by atoms with van der Waals surface area (Å²) in [6, 6.07) is -0.850. The predicted molar refractivity (Wildman–Crippen MR) is 301 cm³/mol. The molecule has 420 valence electrons. The first-order valence-electron chi connectivity index (χ1n) is 29.4. The van der Waals surface area contributed by atoms with Crippen molar-refractivity contribution >= 4 is 11.9 Å². The van der Waals surface area contributed by atoms with Crippen molar-refractivity contribution in [1.29, 1.82) is 0 Å². The zero-order valence-electron chi connectivity index (χ0n) is 46.1. The Kier molecular flexibility index (Phi) is 47.4. The molecule has 0 aromatic rings. The van der Waals surface area contributed by atoms with E-state index in [1.54, 1.807) is 6.08 Å². The van der Waals surface area contributed by atoms with Gasteiger partial charge in [0, 0.05) is 12.8 Å². The second kappa shape index (κ2) is 51.0. The Morgan fingerprint density at radius 3 is 1.49 bits per heavy atom. The van der Waals surface area contributed by atoms with Crippen LogP contribution in [0.2, 0.25) is 0 Å². The van der Waals surface area contributed by atoms with Crippen molar-refractivity contribution in [3.8, 4) is 0 Å². The number of carbonyl (C=O) groups excluding carboxylic acids is 2. The van der Waals surface area contributed by atoms with Gasteiger partial charge in [0.05, 0.1) is 32.0 Å². The van der Waals surface area contributed by atoms with E-state index in [1.165, 1.54) is 77.0 Å². The molecule has 1 fully saturated rings. The Bertz CT molecular complexity index is 1490. The highest BCUT2D eigenvalue weighted by Crippen LogP contribution is 2.23. The molecule has 7 unspecified atom stereocenters. The molecule has 0 saturated carbocycles. The van der Waals surface area contributed by atoms with Gasteiger partial charge in [-0.2, -0.15) is 0 Å². The van der Waals surface area contributed by atoms with Crippen LogP contribution in [0.25, 0.3) is 0 Å². The first kappa shape index (κ1) is 67.9.